The topological polar surface area (TPSA) is 63.6 Å². The maximum Gasteiger partial charge on any atom is 0.303 e. The fraction of sp³-hybridized carbons (Fsp3) is 0.778. The molecular weight excluding hydrogens is 416 g/mol. The van der Waals surface area contributed by atoms with Crippen LogP contribution < -0.4 is 0 Å². The third-order valence-electron chi connectivity index (χ3n) is 7.26. The number of ketones is 1. The zero-order valence-electron chi connectivity index (χ0n) is 21.8. The van der Waals surface area contributed by atoms with E-state index in [4.69, 9.17) is 9.53 Å². The fourth-order valence-electron chi connectivity index (χ4n) is 4.16. The van der Waals surface area contributed by atoms with Gasteiger partial charge in [0.05, 0.1) is 5.60 Å². The van der Waals surface area contributed by atoms with Gasteiger partial charge in [0.2, 0.25) is 0 Å². The van der Waals surface area contributed by atoms with Crippen LogP contribution in [0, 0.1) is 5.92 Å². The molecule has 4 nitrogen and oxygen atoms in total. The summed E-state index contributed by atoms with van der Waals surface area (Å²) in [6.45, 7) is 16.1. The van der Waals surface area contributed by atoms with Crippen LogP contribution in [0.25, 0.3) is 0 Å². The highest BCUT2D eigenvalue weighted by molar-refractivity contribution is 6.74. The lowest BCUT2D eigenvalue weighted by Crippen LogP contribution is -2.48. The SMILES string of the molecule is CCCCCC(C)(CCC1=CCC(=O)[C@@H]1C/C=C\CCCC(=O)O)O[Si](C)(C)C(C)(C)C. The summed E-state index contributed by atoms with van der Waals surface area (Å²) in [4.78, 5) is 23.1. The summed E-state index contributed by atoms with van der Waals surface area (Å²) >= 11 is 0. The quantitative estimate of drug-likeness (QED) is 0.152. The molecule has 0 saturated heterocycles. The molecule has 0 aromatic carbocycles. The maximum atomic E-state index is 12.5. The highest BCUT2D eigenvalue weighted by Crippen LogP contribution is 2.42. The molecule has 1 N–H and O–H groups in total. The number of carboxylic acids is 1. The minimum absolute atomic E-state index is 0.0153. The van der Waals surface area contributed by atoms with E-state index in [9.17, 15) is 9.59 Å². The van der Waals surface area contributed by atoms with Crippen molar-refractivity contribution in [3.05, 3.63) is 23.8 Å². The summed E-state index contributed by atoms with van der Waals surface area (Å²) in [5.74, 6) is -0.455. The van der Waals surface area contributed by atoms with E-state index >= 15 is 0 Å². The van der Waals surface area contributed by atoms with E-state index in [-0.39, 0.29) is 23.0 Å². The first-order valence-corrected chi connectivity index (χ1v) is 15.5. The summed E-state index contributed by atoms with van der Waals surface area (Å²) in [6, 6.07) is 0. The summed E-state index contributed by atoms with van der Waals surface area (Å²) < 4.78 is 6.97. The maximum absolute atomic E-state index is 12.5. The van der Waals surface area contributed by atoms with Crippen molar-refractivity contribution in [2.45, 2.75) is 129 Å². The van der Waals surface area contributed by atoms with E-state index in [1.165, 1.54) is 24.8 Å². The van der Waals surface area contributed by atoms with Crippen LogP contribution in [0.15, 0.2) is 23.8 Å². The molecule has 0 bridgehead atoms. The number of allylic oxidation sites excluding steroid dienone is 4. The highest BCUT2D eigenvalue weighted by Gasteiger charge is 2.43. The number of Topliss-reactive ketones (excluding diaryl/α,β-unsaturated/α-hetero) is 1. The Hall–Kier alpha value is -1.20. The Labute approximate surface area is 198 Å². The lowest BCUT2D eigenvalue weighted by Gasteiger charge is -2.45. The second-order valence-electron chi connectivity index (χ2n) is 11.3. The Morgan fingerprint density at radius 3 is 2.44 bits per heavy atom. The van der Waals surface area contributed by atoms with Gasteiger partial charge in [0.25, 0.3) is 0 Å². The molecule has 0 spiro atoms. The van der Waals surface area contributed by atoms with Crippen molar-refractivity contribution in [3.8, 4) is 0 Å². The monoisotopic (exact) mass is 464 g/mol. The van der Waals surface area contributed by atoms with Crippen molar-refractivity contribution in [1.82, 2.24) is 0 Å². The first kappa shape index (κ1) is 28.8. The Kier molecular flexibility index (Phi) is 11.6. The number of rotatable bonds is 15. The number of hydrogen-bond donors (Lipinski definition) is 1. The van der Waals surface area contributed by atoms with E-state index in [1.807, 2.05) is 6.08 Å². The summed E-state index contributed by atoms with van der Waals surface area (Å²) in [7, 11) is -1.89. The minimum Gasteiger partial charge on any atom is -0.481 e. The van der Waals surface area contributed by atoms with Crippen molar-refractivity contribution in [2.24, 2.45) is 5.92 Å². The number of unbranched alkanes of at least 4 members (excludes halogenated alkanes) is 3. The number of aliphatic carboxylic acids is 1. The van der Waals surface area contributed by atoms with Gasteiger partial charge < -0.3 is 9.53 Å². The van der Waals surface area contributed by atoms with Crippen LogP contribution in [0.4, 0.5) is 0 Å². The van der Waals surface area contributed by atoms with Crippen LogP contribution in [-0.4, -0.2) is 30.8 Å². The molecule has 0 saturated carbocycles. The second-order valence-corrected chi connectivity index (χ2v) is 16.0. The van der Waals surface area contributed by atoms with E-state index in [0.29, 0.717) is 18.6 Å². The van der Waals surface area contributed by atoms with Gasteiger partial charge in [-0.3, -0.25) is 9.59 Å². The zero-order chi connectivity index (χ0) is 24.4. The first-order chi connectivity index (χ1) is 14.8. The molecule has 0 aliphatic heterocycles. The van der Waals surface area contributed by atoms with Crippen LogP contribution in [-0.2, 0) is 14.0 Å². The Balaban J connectivity index is 2.76. The minimum atomic E-state index is -1.89. The summed E-state index contributed by atoms with van der Waals surface area (Å²) in [5.41, 5.74) is 1.12. The predicted molar refractivity (Wildman–Crippen MR) is 137 cm³/mol. The molecule has 0 fully saturated rings. The smallest absolute Gasteiger partial charge is 0.303 e. The fourth-order valence-corrected chi connectivity index (χ4v) is 5.90. The molecule has 184 valence electrons. The van der Waals surface area contributed by atoms with Crippen LogP contribution in [0.2, 0.25) is 18.1 Å². The van der Waals surface area contributed by atoms with Crippen LogP contribution in [0.1, 0.15) is 105 Å². The summed E-state index contributed by atoms with van der Waals surface area (Å²) in [5, 5.41) is 8.91. The number of carboxylic acid groups (broad SMARTS) is 1. The third kappa shape index (κ3) is 9.74. The second kappa shape index (κ2) is 12.9. The molecule has 0 amide bonds. The molecule has 0 aromatic heterocycles. The van der Waals surface area contributed by atoms with Crippen LogP contribution in [0.5, 0.6) is 0 Å². The first-order valence-electron chi connectivity index (χ1n) is 12.6. The molecule has 0 aromatic rings. The van der Waals surface area contributed by atoms with Crippen molar-refractivity contribution >= 4 is 20.1 Å². The Morgan fingerprint density at radius 1 is 1.16 bits per heavy atom. The molecular formula is C27H48O4Si. The molecule has 32 heavy (non-hydrogen) atoms. The van der Waals surface area contributed by atoms with Crippen LogP contribution >= 0.6 is 0 Å². The van der Waals surface area contributed by atoms with Gasteiger partial charge in [0.15, 0.2) is 8.32 Å². The van der Waals surface area contributed by atoms with Gasteiger partial charge in [-0.15, -0.1) is 0 Å². The highest BCUT2D eigenvalue weighted by atomic mass is 28.4. The number of carbonyl (C=O) groups excluding carboxylic acids is 1. The molecule has 0 radical (unpaired) electrons. The van der Waals surface area contributed by atoms with Gasteiger partial charge >= 0.3 is 5.97 Å². The molecule has 2 atom stereocenters. The molecule has 1 unspecified atom stereocenters. The number of hydrogen-bond acceptors (Lipinski definition) is 3. The van der Waals surface area contributed by atoms with Gasteiger partial charge in [0.1, 0.15) is 5.78 Å². The molecule has 1 aliphatic carbocycles. The summed E-state index contributed by atoms with van der Waals surface area (Å²) in [6.07, 6.45) is 15.7. The predicted octanol–water partition coefficient (Wildman–Crippen LogP) is 7.84. The normalized spacial score (nSPS) is 19.4. The number of carbonyl (C=O) groups is 2. The van der Waals surface area contributed by atoms with Crippen LogP contribution in [0.3, 0.4) is 0 Å². The molecule has 5 heteroatoms. The standard InChI is InChI=1S/C27H48O4Si/c1-8-9-14-20-27(5,31-32(6,7)26(2,3)4)21-19-22-17-18-24(28)23(22)15-12-10-11-13-16-25(29)30/h10,12,17,23H,8-9,11,13-16,18-21H2,1-7H3,(H,29,30)/b12-10-/t23-,27?/m1/s1. The molecule has 1 rings (SSSR count). The third-order valence-corrected chi connectivity index (χ3v) is 11.9. The van der Waals surface area contributed by atoms with E-state index < -0.39 is 14.3 Å². The van der Waals surface area contributed by atoms with Gasteiger partial charge in [-0.1, -0.05) is 70.8 Å². The van der Waals surface area contributed by atoms with Crippen molar-refractivity contribution in [3.63, 3.8) is 0 Å². The average molecular weight is 465 g/mol. The lowest BCUT2D eigenvalue weighted by molar-refractivity contribution is -0.137. The van der Waals surface area contributed by atoms with Crippen molar-refractivity contribution in [1.29, 1.82) is 0 Å². The zero-order valence-corrected chi connectivity index (χ0v) is 22.8. The molecule has 0 heterocycles. The van der Waals surface area contributed by atoms with Gasteiger partial charge in [0, 0.05) is 18.8 Å². The van der Waals surface area contributed by atoms with E-state index in [1.54, 1.807) is 0 Å². The average Bonchev–Trinajstić information content (AvgIpc) is 3.01. The lowest BCUT2D eigenvalue weighted by atomic mass is 9.87. The van der Waals surface area contributed by atoms with E-state index in [0.717, 1.165) is 32.1 Å². The van der Waals surface area contributed by atoms with Gasteiger partial charge in [-0.05, 0) is 63.6 Å². The Bertz CT molecular complexity index is 672. The van der Waals surface area contributed by atoms with E-state index in [2.05, 4.69) is 59.9 Å². The van der Waals surface area contributed by atoms with Gasteiger partial charge in [-0.2, -0.15) is 0 Å². The van der Waals surface area contributed by atoms with Crippen molar-refractivity contribution in [2.75, 3.05) is 0 Å². The van der Waals surface area contributed by atoms with Crippen molar-refractivity contribution < 1.29 is 19.1 Å². The Morgan fingerprint density at radius 2 is 1.84 bits per heavy atom. The molecule has 1 aliphatic rings. The van der Waals surface area contributed by atoms with Gasteiger partial charge in [-0.25, -0.2) is 0 Å². The largest absolute Gasteiger partial charge is 0.481 e.